The second kappa shape index (κ2) is 11.0. The van der Waals surface area contributed by atoms with Gasteiger partial charge in [0.2, 0.25) is 0 Å². The van der Waals surface area contributed by atoms with Crippen LogP contribution >= 0.6 is 24.0 Å². The zero-order valence-corrected chi connectivity index (χ0v) is 16.9. The van der Waals surface area contributed by atoms with Crippen LogP contribution in [0.15, 0.2) is 35.6 Å². The third kappa shape index (κ3) is 6.10. The first-order chi connectivity index (χ1) is 11.3. The minimum atomic E-state index is 0. The van der Waals surface area contributed by atoms with Crippen LogP contribution < -0.4 is 10.6 Å². The summed E-state index contributed by atoms with van der Waals surface area (Å²) in [4.78, 5) is 8.47. The SMILES string of the molecule is CCC(CC)CNC(=NC)NCc1cccc(-c2ncn[nH]2)c1.I. The van der Waals surface area contributed by atoms with Crippen molar-refractivity contribution in [3.63, 3.8) is 0 Å². The lowest BCUT2D eigenvalue weighted by Gasteiger charge is -2.16. The summed E-state index contributed by atoms with van der Waals surface area (Å²) in [6, 6.07) is 8.22. The fraction of sp³-hybridized carbons (Fsp3) is 0.471. The van der Waals surface area contributed by atoms with E-state index in [1.165, 1.54) is 24.7 Å². The van der Waals surface area contributed by atoms with E-state index >= 15 is 0 Å². The van der Waals surface area contributed by atoms with Crippen LogP contribution in [0.5, 0.6) is 0 Å². The normalized spacial score (nSPS) is 11.2. The van der Waals surface area contributed by atoms with E-state index in [-0.39, 0.29) is 24.0 Å². The Morgan fingerprint density at radius 3 is 2.67 bits per heavy atom. The molecule has 0 aliphatic carbocycles. The molecule has 1 aromatic heterocycles. The van der Waals surface area contributed by atoms with E-state index < -0.39 is 0 Å². The zero-order chi connectivity index (χ0) is 16.5. The third-order valence-corrected chi connectivity index (χ3v) is 4.01. The summed E-state index contributed by atoms with van der Waals surface area (Å²) >= 11 is 0. The molecule has 132 valence electrons. The smallest absolute Gasteiger partial charge is 0.191 e. The van der Waals surface area contributed by atoms with Gasteiger partial charge in [0, 0.05) is 25.7 Å². The van der Waals surface area contributed by atoms with Crippen molar-refractivity contribution in [2.24, 2.45) is 10.9 Å². The first-order valence-corrected chi connectivity index (χ1v) is 8.16. The number of aliphatic imine (C=N–C) groups is 1. The molecule has 0 bridgehead atoms. The molecular formula is C17H27IN6. The van der Waals surface area contributed by atoms with Crippen LogP contribution in [0.4, 0.5) is 0 Å². The minimum Gasteiger partial charge on any atom is -0.356 e. The van der Waals surface area contributed by atoms with Gasteiger partial charge in [0.15, 0.2) is 11.8 Å². The largest absolute Gasteiger partial charge is 0.356 e. The molecule has 0 radical (unpaired) electrons. The predicted molar refractivity (Wildman–Crippen MR) is 110 cm³/mol. The van der Waals surface area contributed by atoms with Gasteiger partial charge < -0.3 is 10.6 Å². The second-order valence-electron chi connectivity index (χ2n) is 5.52. The van der Waals surface area contributed by atoms with Crippen LogP contribution in [0, 0.1) is 5.92 Å². The number of H-pyrrole nitrogens is 1. The fourth-order valence-corrected chi connectivity index (χ4v) is 2.40. The van der Waals surface area contributed by atoms with Gasteiger partial charge in [-0.25, -0.2) is 4.98 Å². The predicted octanol–water partition coefficient (Wildman–Crippen LogP) is 3.19. The van der Waals surface area contributed by atoms with Crippen LogP contribution in [0.2, 0.25) is 0 Å². The van der Waals surface area contributed by atoms with Gasteiger partial charge in [-0.15, -0.1) is 24.0 Å². The Hall–Kier alpha value is -1.64. The van der Waals surface area contributed by atoms with E-state index in [2.05, 4.69) is 56.8 Å². The first-order valence-electron chi connectivity index (χ1n) is 8.16. The van der Waals surface area contributed by atoms with Crippen molar-refractivity contribution in [2.75, 3.05) is 13.6 Å². The van der Waals surface area contributed by atoms with Crippen molar-refractivity contribution in [3.8, 4) is 11.4 Å². The molecule has 0 fully saturated rings. The molecule has 0 unspecified atom stereocenters. The molecule has 1 heterocycles. The summed E-state index contributed by atoms with van der Waals surface area (Å²) in [5, 5.41) is 13.5. The molecule has 2 rings (SSSR count). The molecule has 0 saturated carbocycles. The van der Waals surface area contributed by atoms with Gasteiger partial charge in [0.05, 0.1) is 0 Å². The lowest BCUT2D eigenvalue weighted by molar-refractivity contribution is 0.481. The highest BCUT2D eigenvalue weighted by Crippen LogP contribution is 2.15. The van der Waals surface area contributed by atoms with Gasteiger partial charge in [0.1, 0.15) is 6.33 Å². The van der Waals surface area contributed by atoms with Crippen molar-refractivity contribution in [1.29, 1.82) is 0 Å². The Morgan fingerprint density at radius 1 is 1.25 bits per heavy atom. The summed E-state index contributed by atoms with van der Waals surface area (Å²) in [5.41, 5.74) is 2.20. The molecule has 7 heteroatoms. The Labute approximate surface area is 161 Å². The van der Waals surface area contributed by atoms with Crippen molar-refractivity contribution < 1.29 is 0 Å². The number of nitrogens with one attached hydrogen (secondary N) is 3. The lowest BCUT2D eigenvalue weighted by Crippen LogP contribution is -2.39. The van der Waals surface area contributed by atoms with Crippen molar-refractivity contribution in [1.82, 2.24) is 25.8 Å². The molecule has 0 amide bonds. The molecule has 0 atom stereocenters. The summed E-state index contributed by atoms with van der Waals surface area (Å²) in [6.45, 7) is 6.11. The summed E-state index contributed by atoms with van der Waals surface area (Å²) in [5.74, 6) is 2.30. The van der Waals surface area contributed by atoms with Gasteiger partial charge in [0.25, 0.3) is 0 Å². The van der Waals surface area contributed by atoms with Crippen LogP contribution in [-0.2, 0) is 6.54 Å². The number of halogens is 1. The molecule has 6 nitrogen and oxygen atoms in total. The van der Waals surface area contributed by atoms with Gasteiger partial charge in [-0.05, 0) is 17.5 Å². The Morgan fingerprint density at radius 2 is 2.04 bits per heavy atom. The van der Waals surface area contributed by atoms with E-state index in [0.29, 0.717) is 12.5 Å². The molecular weight excluding hydrogens is 415 g/mol. The molecule has 1 aromatic carbocycles. The van der Waals surface area contributed by atoms with Crippen molar-refractivity contribution in [2.45, 2.75) is 33.2 Å². The topological polar surface area (TPSA) is 78.0 Å². The third-order valence-electron chi connectivity index (χ3n) is 4.01. The number of aromatic nitrogens is 3. The average molecular weight is 442 g/mol. The van der Waals surface area contributed by atoms with Gasteiger partial charge in [-0.3, -0.25) is 10.1 Å². The maximum Gasteiger partial charge on any atom is 0.191 e. The van der Waals surface area contributed by atoms with E-state index in [1.807, 2.05) is 12.1 Å². The number of hydrogen-bond donors (Lipinski definition) is 3. The summed E-state index contributed by atoms with van der Waals surface area (Å²) in [7, 11) is 1.80. The monoisotopic (exact) mass is 442 g/mol. The maximum atomic E-state index is 4.28. The van der Waals surface area contributed by atoms with E-state index in [0.717, 1.165) is 23.9 Å². The molecule has 0 saturated heterocycles. The Bertz CT molecular complexity index is 607. The number of benzene rings is 1. The quantitative estimate of drug-likeness (QED) is 0.350. The molecule has 0 aliphatic rings. The Balaban J connectivity index is 0.00000288. The number of hydrogen-bond acceptors (Lipinski definition) is 3. The zero-order valence-electron chi connectivity index (χ0n) is 14.5. The van der Waals surface area contributed by atoms with Crippen LogP contribution in [0.3, 0.4) is 0 Å². The molecule has 24 heavy (non-hydrogen) atoms. The number of nitrogens with zero attached hydrogens (tertiary/aromatic N) is 3. The van der Waals surface area contributed by atoms with Crippen LogP contribution in [0.1, 0.15) is 32.3 Å². The molecule has 0 spiro atoms. The number of guanidine groups is 1. The molecule has 2 aromatic rings. The van der Waals surface area contributed by atoms with Gasteiger partial charge >= 0.3 is 0 Å². The minimum absolute atomic E-state index is 0. The highest BCUT2D eigenvalue weighted by molar-refractivity contribution is 14.0. The van der Waals surface area contributed by atoms with Gasteiger partial charge in [-0.2, -0.15) is 5.10 Å². The van der Waals surface area contributed by atoms with E-state index in [9.17, 15) is 0 Å². The lowest BCUT2D eigenvalue weighted by atomic mass is 10.0. The molecule has 3 N–H and O–H groups in total. The van der Waals surface area contributed by atoms with Crippen LogP contribution in [0.25, 0.3) is 11.4 Å². The standard InChI is InChI=1S/C17H26N6.HI/c1-4-13(5-2)10-19-17(18-3)20-11-14-7-6-8-15(9-14)16-21-12-22-23-16;/h6-9,12-13H,4-5,10-11H2,1-3H3,(H2,18,19,20)(H,21,22,23);1H. The van der Waals surface area contributed by atoms with Crippen molar-refractivity contribution >= 4 is 29.9 Å². The number of aromatic amines is 1. The molecule has 0 aliphatic heterocycles. The first kappa shape index (κ1) is 20.4. The summed E-state index contributed by atoms with van der Waals surface area (Å²) in [6.07, 6.45) is 3.88. The Kier molecular flexibility index (Phi) is 9.36. The average Bonchev–Trinajstić information content (AvgIpc) is 3.13. The second-order valence-corrected chi connectivity index (χ2v) is 5.52. The highest BCUT2D eigenvalue weighted by atomic mass is 127. The summed E-state index contributed by atoms with van der Waals surface area (Å²) < 4.78 is 0. The van der Waals surface area contributed by atoms with Crippen molar-refractivity contribution in [3.05, 3.63) is 36.2 Å². The van der Waals surface area contributed by atoms with E-state index in [4.69, 9.17) is 0 Å². The number of rotatable bonds is 7. The highest BCUT2D eigenvalue weighted by Gasteiger charge is 2.06. The fourth-order valence-electron chi connectivity index (χ4n) is 2.40. The maximum absolute atomic E-state index is 4.28. The van der Waals surface area contributed by atoms with E-state index in [1.54, 1.807) is 7.05 Å². The van der Waals surface area contributed by atoms with Gasteiger partial charge in [-0.1, -0.05) is 44.9 Å². The van der Waals surface area contributed by atoms with Crippen LogP contribution in [-0.4, -0.2) is 34.7 Å².